The standard InChI is InChI=1S/C49H35N3/c1-3-13-33(14-4-1)34-25-27-36(28-26-34)50(38-29-30-41-39-18-7-9-22-44(39)51(47(41)31-38)37-16-5-2-6-17-37)32-35-15-11-24-46-48(35)43-21-12-20-42-40-19-8-10-23-45(40)52(46)49(42)43/h1-31,39,44H,32H2. The maximum Gasteiger partial charge on any atom is 0.0629 e. The zero-order valence-electron chi connectivity index (χ0n) is 28.6. The minimum atomic E-state index is 0.249. The van der Waals surface area contributed by atoms with Crippen LogP contribution in [-0.2, 0) is 6.54 Å². The van der Waals surface area contributed by atoms with Crippen molar-refractivity contribution >= 4 is 60.8 Å². The van der Waals surface area contributed by atoms with Crippen LogP contribution in [0.4, 0.5) is 22.7 Å². The maximum atomic E-state index is 2.53. The molecule has 0 spiro atoms. The van der Waals surface area contributed by atoms with Gasteiger partial charge in [0, 0.05) is 56.8 Å². The van der Waals surface area contributed by atoms with E-state index in [9.17, 15) is 0 Å². The van der Waals surface area contributed by atoms with Gasteiger partial charge in [-0.2, -0.15) is 0 Å². The molecule has 2 unspecified atom stereocenters. The minimum Gasteiger partial charge on any atom is -0.337 e. The van der Waals surface area contributed by atoms with Crippen molar-refractivity contribution < 1.29 is 0 Å². The van der Waals surface area contributed by atoms with Crippen molar-refractivity contribution in [2.75, 3.05) is 9.80 Å². The molecule has 1 aliphatic carbocycles. The molecule has 0 bridgehead atoms. The van der Waals surface area contributed by atoms with Crippen molar-refractivity contribution in [2.24, 2.45) is 0 Å². The molecule has 7 aromatic carbocycles. The lowest BCUT2D eigenvalue weighted by molar-refractivity contribution is 0.745. The Morgan fingerprint density at radius 3 is 2.06 bits per heavy atom. The topological polar surface area (TPSA) is 10.9 Å². The largest absolute Gasteiger partial charge is 0.337 e. The second-order valence-electron chi connectivity index (χ2n) is 14.1. The number of nitrogens with zero attached hydrogens (tertiary/aromatic N) is 3. The Kier molecular flexibility index (Phi) is 6.44. The summed E-state index contributed by atoms with van der Waals surface area (Å²) in [6, 6.07) is 60.5. The van der Waals surface area contributed by atoms with E-state index in [0.29, 0.717) is 5.92 Å². The minimum absolute atomic E-state index is 0.249. The van der Waals surface area contributed by atoms with E-state index in [1.807, 2.05) is 0 Å². The molecular formula is C49H35N3. The van der Waals surface area contributed by atoms with Crippen molar-refractivity contribution in [3.8, 4) is 11.1 Å². The van der Waals surface area contributed by atoms with E-state index in [1.165, 1.54) is 83.1 Å². The van der Waals surface area contributed by atoms with Gasteiger partial charge in [-0.1, -0.05) is 140 Å². The molecule has 3 heterocycles. The number of hydrogen-bond acceptors (Lipinski definition) is 2. The molecule has 2 aliphatic rings. The van der Waals surface area contributed by atoms with Gasteiger partial charge >= 0.3 is 0 Å². The predicted octanol–water partition coefficient (Wildman–Crippen LogP) is 12.6. The number of hydrogen-bond donors (Lipinski definition) is 0. The summed E-state index contributed by atoms with van der Waals surface area (Å²) in [5.41, 5.74) is 13.8. The van der Waals surface area contributed by atoms with Crippen LogP contribution in [0.15, 0.2) is 188 Å². The molecule has 3 heteroatoms. The highest BCUT2D eigenvalue weighted by atomic mass is 15.2. The summed E-state index contributed by atoms with van der Waals surface area (Å²) in [5.74, 6) is 0.315. The molecule has 2 atom stereocenters. The highest BCUT2D eigenvalue weighted by molar-refractivity contribution is 6.23. The smallest absolute Gasteiger partial charge is 0.0629 e. The van der Waals surface area contributed by atoms with Crippen LogP contribution in [0.25, 0.3) is 49.2 Å². The molecule has 0 saturated heterocycles. The van der Waals surface area contributed by atoms with E-state index < -0.39 is 0 Å². The van der Waals surface area contributed by atoms with E-state index in [1.54, 1.807) is 0 Å². The molecule has 52 heavy (non-hydrogen) atoms. The van der Waals surface area contributed by atoms with Gasteiger partial charge in [0.25, 0.3) is 0 Å². The Morgan fingerprint density at radius 1 is 0.519 bits per heavy atom. The van der Waals surface area contributed by atoms with E-state index >= 15 is 0 Å². The summed E-state index contributed by atoms with van der Waals surface area (Å²) in [7, 11) is 0. The third kappa shape index (κ3) is 4.32. The number of rotatable bonds is 6. The Hall–Kier alpha value is -6.58. The van der Waals surface area contributed by atoms with Crippen LogP contribution in [0.5, 0.6) is 0 Å². The third-order valence-corrected chi connectivity index (χ3v) is 11.3. The Morgan fingerprint density at radius 2 is 1.19 bits per heavy atom. The van der Waals surface area contributed by atoms with Gasteiger partial charge in [-0.05, 0) is 70.8 Å². The Bertz CT molecular complexity index is 2830. The van der Waals surface area contributed by atoms with E-state index in [0.717, 1.165) is 6.54 Å². The molecule has 0 saturated carbocycles. The molecule has 0 amide bonds. The first-order chi connectivity index (χ1) is 25.8. The van der Waals surface area contributed by atoms with Crippen molar-refractivity contribution in [3.63, 3.8) is 0 Å². The van der Waals surface area contributed by atoms with E-state index in [2.05, 4.69) is 202 Å². The summed E-state index contributed by atoms with van der Waals surface area (Å²) >= 11 is 0. The third-order valence-electron chi connectivity index (χ3n) is 11.3. The second-order valence-corrected chi connectivity index (χ2v) is 14.1. The normalized spacial score (nSPS) is 16.3. The number of aromatic nitrogens is 1. The van der Waals surface area contributed by atoms with Gasteiger partial charge in [-0.3, -0.25) is 0 Å². The highest BCUT2D eigenvalue weighted by Crippen LogP contribution is 2.50. The lowest BCUT2D eigenvalue weighted by Crippen LogP contribution is -2.28. The van der Waals surface area contributed by atoms with E-state index in [-0.39, 0.29) is 6.04 Å². The number of para-hydroxylation sites is 3. The van der Waals surface area contributed by atoms with Crippen LogP contribution in [0.1, 0.15) is 17.0 Å². The molecule has 0 radical (unpaired) electrons. The van der Waals surface area contributed by atoms with Gasteiger partial charge in [-0.25, -0.2) is 0 Å². The molecule has 0 N–H and O–H groups in total. The van der Waals surface area contributed by atoms with Crippen LogP contribution in [0.3, 0.4) is 0 Å². The SMILES string of the molecule is C1=CC2c3ccc(N(Cc4cccc5c4c4cccc6c7ccccc7n5c64)c4ccc(-c5ccccc5)cc4)cc3N(c3ccccc3)C2C=C1. The molecule has 3 nitrogen and oxygen atoms in total. The fraction of sp³-hybridized carbons (Fsp3) is 0.0612. The Labute approximate surface area is 302 Å². The molecule has 9 aromatic rings. The molecule has 246 valence electrons. The van der Waals surface area contributed by atoms with Crippen molar-refractivity contribution in [1.29, 1.82) is 0 Å². The highest BCUT2D eigenvalue weighted by Gasteiger charge is 2.37. The average Bonchev–Trinajstić information content (AvgIpc) is 3.86. The summed E-state index contributed by atoms with van der Waals surface area (Å²) in [6.07, 6.45) is 9.10. The van der Waals surface area contributed by atoms with Gasteiger partial charge in [0.2, 0.25) is 0 Å². The van der Waals surface area contributed by atoms with Crippen molar-refractivity contribution in [3.05, 3.63) is 199 Å². The van der Waals surface area contributed by atoms with Gasteiger partial charge < -0.3 is 14.2 Å². The van der Waals surface area contributed by atoms with Crippen LogP contribution >= 0.6 is 0 Å². The van der Waals surface area contributed by atoms with Crippen molar-refractivity contribution in [2.45, 2.75) is 18.5 Å². The summed E-state index contributed by atoms with van der Waals surface area (Å²) in [5, 5.41) is 5.26. The Balaban J connectivity index is 1.10. The van der Waals surface area contributed by atoms with Gasteiger partial charge in [0.05, 0.1) is 22.6 Å². The zero-order valence-corrected chi connectivity index (χ0v) is 28.6. The van der Waals surface area contributed by atoms with Crippen LogP contribution in [-0.4, -0.2) is 10.4 Å². The van der Waals surface area contributed by atoms with Crippen LogP contribution < -0.4 is 9.80 Å². The molecular weight excluding hydrogens is 631 g/mol. The lowest BCUT2D eigenvalue weighted by Gasteiger charge is -2.30. The van der Waals surface area contributed by atoms with E-state index in [4.69, 9.17) is 0 Å². The maximum absolute atomic E-state index is 2.53. The predicted molar refractivity (Wildman–Crippen MR) is 219 cm³/mol. The quantitative estimate of drug-likeness (QED) is 0.175. The molecule has 1 aliphatic heterocycles. The summed E-state index contributed by atoms with van der Waals surface area (Å²) in [6.45, 7) is 0.726. The first kappa shape index (κ1) is 29.2. The monoisotopic (exact) mass is 665 g/mol. The average molecular weight is 666 g/mol. The lowest BCUT2D eigenvalue weighted by atomic mass is 9.91. The molecule has 2 aromatic heterocycles. The van der Waals surface area contributed by atoms with Gasteiger partial charge in [0.15, 0.2) is 0 Å². The number of anilines is 4. The van der Waals surface area contributed by atoms with Crippen LogP contribution in [0, 0.1) is 0 Å². The number of fused-ring (bicyclic) bond motifs is 9. The second kappa shape index (κ2) is 11.5. The number of allylic oxidation sites excluding steroid dienone is 2. The fourth-order valence-corrected chi connectivity index (χ4v) is 9.03. The summed E-state index contributed by atoms with van der Waals surface area (Å²) in [4.78, 5) is 5.03. The zero-order chi connectivity index (χ0) is 34.2. The first-order valence-corrected chi connectivity index (χ1v) is 18.2. The van der Waals surface area contributed by atoms with Gasteiger partial charge in [-0.15, -0.1) is 0 Å². The summed E-state index contributed by atoms with van der Waals surface area (Å²) < 4.78 is 2.48. The fourth-order valence-electron chi connectivity index (χ4n) is 9.03. The van der Waals surface area contributed by atoms with Crippen molar-refractivity contribution in [1.82, 2.24) is 4.40 Å². The first-order valence-electron chi connectivity index (χ1n) is 18.2. The van der Waals surface area contributed by atoms with Gasteiger partial charge in [0.1, 0.15) is 0 Å². The number of benzene rings is 7. The molecule has 0 fully saturated rings. The van der Waals surface area contributed by atoms with Crippen LogP contribution in [0.2, 0.25) is 0 Å². The molecule has 11 rings (SSSR count).